The van der Waals surface area contributed by atoms with Crippen LogP contribution in [0.15, 0.2) is 4.52 Å². The van der Waals surface area contributed by atoms with E-state index in [2.05, 4.69) is 24.0 Å². The van der Waals surface area contributed by atoms with E-state index in [4.69, 9.17) is 15.0 Å². The van der Waals surface area contributed by atoms with E-state index in [1.165, 1.54) is 6.42 Å². The van der Waals surface area contributed by atoms with Gasteiger partial charge in [-0.15, -0.1) is 0 Å². The van der Waals surface area contributed by atoms with Crippen LogP contribution in [-0.2, 0) is 10.3 Å². The summed E-state index contributed by atoms with van der Waals surface area (Å²) in [6, 6.07) is 0. The molecule has 0 bridgehead atoms. The average molecular weight is 265 g/mol. The zero-order valence-corrected chi connectivity index (χ0v) is 11.8. The van der Waals surface area contributed by atoms with Crippen LogP contribution in [0.3, 0.4) is 0 Å². The fraction of sp³-hybridized carbons (Fsp3) is 0.857. The minimum atomic E-state index is -0.413. The van der Waals surface area contributed by atoms with Crippen molar-refractivity contribution < 1.29 is 9.26 Å². The maximum Gasteiger partial charge on any atom is 0.255 e. The molecule has 0 amide bonds. The van der Waals surface area contributed by atoms with Gasteiger partial charge in [0, 0.05) is 0 Å². The Morgan fingerprint density at radius 1 is 1.26 bits per heavy atom. The maximum absolute atomic E-state index is 6.48. The van der Waals surface area contributed by atoms with Crippen LogP contribution in [0.2, 0.25) is 0 Å². The summed E-state index contributed by atoms with van der Waals surface area (Å²) >= 11 is 0. The Balaban J connectivity index is 1.77. The van der Waals surface area contributed by atoms with E-state index in [0.29, 0.717) is 17.6 Å². The molecule has 2 fully saturated rings. The number of rotatable bonds is 2. The molecule has 0 spiro atoms. The van der Waals surface area contributed by atoms with Crippen LogP contribution in [0.5, 0.6) is 0 Å². The molecule has 5 heteroatoms. The van der Waals surface area contributed by atoms with Gasteiger partial charge in [0.05, 0.1) is 11.6 Å². The Hall–Kier alpha value is -0.940. The molecule has 106 valence electrons. The van der Waals surface area contributed by atoms with Crippen LogP contribution < -0.4 is 5.73 Å². The topological polar surface area (TPSA) is 74.2 Å². The van der Waals surface area contributed by atoms with Crippen LogP contribution in [0.1, 0.15) is 70.2 Å². The molecule has 5 nitrogen and oxygen atoms in total. The first-order valence-electron chi connectivity index (χ1n) is 7.35. The van der Waals surface area contributed by atoms with E-state index in [-0.39, 0.29) is 12.2 Å². The second kappa shape index (κ2) is 4.87. The van der Waals surface area contributed by atoms with Crippen LogP contribution >= 0.6 is 0 Å². The van der Waals surface area contributed by atoms with Gasteiger partial charge in [0.15, 0.2) is 5.82 Å². The molecule has 2 aliphatic rings. The lowest BCUT2D eigenvalue weighted by Gasteiger charge is -2.33. The van der Waals surface area contributed by atoms with Crippen molar-refractivity contribution in [3.05, 3.63) is 11.7 Å². The highest BCUT2D eigenvalue weighted by molar-refractivity contribution is 5.07. The highest BCUT2D eigenvalue weighted by Gasteiger charge is 2.38. The minimum absolute atomic E-state index is 0.0409. The van der Waals surface area contributed by atoms with E-state index in [9.17, 15) is 0 Å². The van der Waals surface area contributed by atoms with Gasteiger partial charge in [-0.3, -0.25) is 0 Å². The van der Waals surface area contributed by atoms with Crippen molar-refractivity contribution in [2.75, 3.05) is 0 Å². The predicted octanol–water partition coefficient (Wildman–Crippen LogP) is 2.67. The van der Waals surface area contributed by atoms with Crippen molar-refractivity contribution in [3.63, 3.8) is 0 Å². The Morgan fingerprint density at radius 2 is 2.11 bits per heavy atom. The Kier molecular flexibility index (Phi) is 3.35. The highest BCUT2D eigenvalue weighted by Crippen LogP contribution is 2.38. The summed E-state index contributed by atoms with van der Waals surface area (Å²) in [5.41, 5.74) is 6.07. The van der Waals surface area contributed by atoms with Crippen LogP contribution in [0, 0.1) is 5.92 Å². The Bertz CT molecular complexity index is 448. The number of ether oxygens (including phenoxy) is 1. The minimum Gasteiger partial charge on any atom is -0.365 e. The van der Waals surface area contributed by atoms with Gasteiger partial charge < -0.3 is 15.0 Å². The number of nitrogens with zero attached hydrogens (tertiary/aromatic N) is 2. The monoisotopic (exact) mass is 265 g/mol. The van der Waals surface area contributed by atoms with Crippen LogP contribution in [0.4, 0.5) is 0 Å². The number of nitrogens with two attached hydrogens (primary N) is 1. The van der Waals surface area contributed by atoms with E-state index in [1.807, 2.05) is 0 Å². The molecule has 1 aromatic rings. The molecule has 3 rings (SSSR count). The number of hydrogen-bond donors (Lipinski definition) is 1. The molecular weight excluding hydrogens is 242 g/mol. The number of aromatic nitrogens is 2. The normalized spacial score (nSPS) is 39.6. The Labute approximate surface area is 113 Å². The molecule has 1 aliphatic carbocycles. The second-order valence-corrected chi connectivity index (χ2v) is 6.33. The lowest BCUT2D eigenvalue weighted by Crippen LogP contribution is -2.42. The second-order valence-electron chi connectivity index (χ2n) is 6.33. The van der Waals surface area contributed by atoms with E-state index < -0.39 is 5.54 Å². The summed E-state index contributed by atoms with van der Waals surface area (Å²) in [6.07, 6.45) is 6.50. The average Bonchev–Trinajstić information content (AvgIpc) is 2.96. The summed E-state index contributed by atoms with van der Waals surface area (Å²) in [5, 5.41) is 4.12. The molecule has 1 aliphatic heterocycles. The fourth-order valence-corrected chi connectivity index (χ4v) is 3.35. The van der Waals surface area contributed by atoms with Crippen molar-refractivity contribution in [2.24, 2.45) is 11.7 Å². The summed E-state index contributed by atoms with van der Waals surface area (Å²) in [4.78, 5) is 4.53. The molecular formula is C14H23N3O2. The molecule has 2 N–H and O–H groups in total. The molecule has 4 unspecified atom stereocenters. The van der Waals surface area contributed by atoms with Crippen LogP contribution in [-0.4, -0.2) is 16.2 Å². The largest absolute Gasteiger partial charge is 0.365 e. The zero-order chi connectivity index (χ0) is 13.5. The summed E-state index contributed by atoms with van der Waals surface area (Å²) in [7, 11) is 0. The van der Waals surface area contributed by atoms with Gasteiger partial charge in [-0.2, -0.15) is 4.98 Å². The van der Waals surface area contributed by atoms with Crippen molar-refractivity contribution in [1.29, 1.82) is 0 Å². The fourth-order valence-electron chi connectivity index (χ4n) is 3.35. The third-order valence-corrected chi connectivity index (χ3v) is 4.43. The quantitative estimate of drug-likeness (QED) is 0.889. The van der Waals surface area contributed by atoms with Crippen molar-refractivity contribution in [2.45, 2.75) is 70.1 Å². The standard InChI is InChI=1S/C14H23N3O2/c1-9-4-3-7-14(15,8-9)13-16-12(19-17-13)11-6-5-10(2)18-11/h9-11H,3-8,15H2,1-2H3. The predicted molar refractivity (Wildman–Crippen MR) is 70.3 cm³/mol. The smallest absolute Gasteiger partial charge is 0.255 e. The van der Waals surface area contributed by atoms with Crippen LogP contribution in [0.25, 0.3) is 0 Å². The van der Waals surface area contributed by atoms with E-state index >= 15 is 0 Å². The van der Waals surface area contributed by atoms with Gasteiger partial charge in [0.25, 0.3) is 5.89 Å². The molecule has 0 aromatic carbocycles. The maximum atomic E-state index is 6.48. The first-order chi connectivity index (χ1) is 9.07. The van der Waals surface area contributed by atoms with Gasteiger partial charge in [-0.05, 0) is 38.5 Å². The first-order valence-corrected chi connectivity index (χ1v) is 7.35. The SMILES string of the molecule is CC1CCCC(N)(c2noc(C3CCC(C)O3)n2)C1. The summed E-state index contributed by atoms with van der Waals surface area (Å²) in [5.74, 6) is 1.89. The highest BCUT2D eigenvalue weighted by atomic mass is 16.5. The van der Waals surface area contributed by atoms with E-state index in [0.717, 1.165) is 32.1 Å². The van der Waals surface area contributed by atoms with Crippen molar-refractivity contribution in [3.8, 4) is 0 Å². The molecule has 4 atom stereocenters. The van der Waals surface area contributed by atoms with Gasteiger partial charge in [-0.25, -0.2) is 0 Å². The molecule has 2 heterocycles. The lowest BCUT2D eigenvalue weighted by molar-refractivity contribution is 0.0355. The first kappa shape index (κ1) is 13.1. The lowest BCUT2D eigenvalue weighted by atomic mass is 9.76. The van der Waals surface area contributed by atoms with Gasteiger partial charge in [0.1, 0.15) is 6.10 Å². The van der Waals surface area contributed by atoms with Gasteiger partial charge in [0.2, 0.25) is 0 Å². The molecule has 1 saturated heterocycles. The summed E-state index contributed by atoms with van der Waals surface area (Å²) < 4.78 is 11.1. The molecule has 19 heavy (non-hydrogen) atoms. The van der Waals surface area contributed by atoms with Crippen molar-refractivity contribution >= 4 is 0 Å². The molecule has 0 radical (unpaired) electrons. The molecule has 1 saturated carbocycles. The van der Waals surface area contributed by atoms with Crippen molar-refractivity contribution in [1.82, 2.24) is 10.1 Å². The third kappa shape index (κ3) is 2.54. The third-order valence-electron chi connectivity index (χ3n) is 4.43. The van der Waals surface area contributed by atoms with Gasteiger partial charge >= 0.3 is 0 Å². The van der Waals surface area contributed by atoms with Gasteiger partial charge in [-0.1, -0.05) is 24.9 Å². The zero-order valence-electron chi connectivity index (χ0n) is 11.8. The van der Waals surface area contributed by atoms with E-state index in [1.54, 1.807) is 0 Å². The Morgan fingerprint density at radius 3 is 2.79 bits per heavy atom. The number of hydrogen-bond acceptors (Lipinski definition) is 5. The summed E-state index contributed by atoms with van der Waals surface area (Å²) in [6.45, 7) is 4.31. The molecule has 1 aromatic heterocycles.